The van der Waals surface area contributed by atoms with Crippen LogP contribution in [0.25, 0.3) is 0 Å². The highest BCUT2D eigenvalue weighted by atomic mass is 79.9. The zero-order chi connectivity index (χ0) is 15.5. The Hall–Kier alpha value is -0.390. The van der Waals surface area contributed by atoms with Crippen LogP contribution >= 0.6 is 15.9 Å². The van der Waals surface area contributed by atoms with Crippen molar-refractivity contribution in [2.75, 3.05) is 6.54 Å². The molecule has 118 valence electrons. The molecule has 5 heteroatoms. The Kier molecular flexibility index (Phi) is 5.86. The predicted octanol–water partition coefficient (Wildman–Crippen LogP) is 4.25. The summed E-state index contributed by atoms with van der Waals surface area (Å²) in [7, 11) is -3.41. The molecule has 21 heavy (non-hydrogen) atoms. The van der Waals surface area contributed by atoms with Gasteiger partial charge in [0.25, 0.3) is 0 Å². The molecule has 0 aliphatic heterocycles. The number of benzene rings is 1. The van der Waals surface area contributed by atoms with E-state index in [1.54, 1.807) is 6.07 Å². The average Bonchev–Trinajstić information content (AvgIpc) is 2.41. The van der Waals surface area contributed by atoms with E-state index in [4.69, 9.17) is 0 Å². The normalized spacial score (nSPS) is 23.2. The first-order chi connectivity index (χ1) is 9.88. The first kappa shape index (κ1) is 17.0. The summed E-state index contributed by atoms with van der Waals surface area (Å²) in [5.41, 5.74) is 0.775. The number of hydrogen-bond acceptors (Lipinski definition) is 2. The minimum absolute atomic E-state index is 0.369. The monoisotopic (exact) mass is 373 g/mol. The van der Waals surface area contributed by atoms with Crippen molar-refractivity contribution < 1.29 is 8.42 Å². The Morgan fingerprint density at radius 1 is 1.33 bits per heavy atom. The molecule has 1 aromatic carbocycles. The maximum atomic E-state index is 12.4. The third-order valence-electron chi connectivity index (χ3n) is 4.33. The van der Waals surface area contributed by atoms with Gasteiger partial charge in [0.2, 0.25) is 10.0 Å². The van der Waals surface area contributed by atoms with Crippen molar-refractivity contribution in [3.8, 4) is 0 Å². The fourth-order valence-electron chi connectivity index (χ4n) is 3.16. The highest BCUT2D eigenvalue weighted by Crippen LogP contribution is 2.30. The van der Waals surface area contributed by atoms with Gasteiger partial charge in [0.15, 0.2) is 0 Å². The molecule has 1 aliphatic rings. The van der Waals surface area contributed by atoms with Gasteiger partial charge in [0.05, 0.1) is 4.90 Å². The van der Waals surface area contributed by atoms with Gasteiger partial charge >= 0.3 is 0 Å². The van der Waals surface area contributed by atoms with Crippen LogP contribution in [-0.4, -0.2) is 15.0 Å². The maximum absolute atomic E-state index is 12.4. The zero-order valence-electron chi connectivity index (χ0n) is 12.7. The van der Waals surface area contributed by atoms with Gasteiger partial charge < -0.3 is 0 Å². The summed E-state index contributed by atoms with van der Waals surface area (Å²) in [6.45, 7) is 4.65. The van der Waals surface area contributed by atoms with Crippen molar-refractivity contribution in [3.63, 3.8) is 0 Å². The minimum atomic E-state index is -3.41. The van der Waals surface area contributed by atoms with Crippen molar-refractivity contribution in [1.82, 2.24) is 4.72 Å². The van der Waals surface area contributed by atoms with E-state index < -0.39 is 10.0 Å². The molecule has 0 amide bonds. The third kappa shape index (κ3) is 4.80. The lowest BCUT2D eigenvalue weighted by molar-refractivity contribution is 0.271. The van der Waals surface area contributed by atoms with Crippen molar-refractivity contribution in [2.24, 2.45) is 11.8 Å². The molecule has 0 bridgehead atoms. The van der Waals surface area contributed by atoms with E-state index in [9.17, 15) is 8.42 Å². The SMILES string of the molecule is Cc1ccc(Br)cc1S(=O)(=O)NCCC1CCCC(C)C1. The topological polar surface area (TPSA) is 46.2 Å². The first-order valence-electron chi connectivity index (χ1n) is 7.64. The van der Waals surface area contributed by atoms with Crippen molar-refractivity contribution in [1.29, 1.82) is 0 Å². The highest BCUT2D eigenvalue weighted by molar-refractivity contribution is 9.10. The van der Waals surface area contributed by atoms with Gasteiger partial charge in [0.1, 0.15) is 0 Å². The fraction of sp³-hybridized carbons (Fsp3) is 0.625. The number of sulfonamides is 1. The Morgan fingerprint density at radius 3 is 2.81 bits per heavy atom. The molecule has 0 heterocycles. The Balaban J connectivity index is 1.93. The summed E-state index contributed by atoms with van der Waals surface area (Å²) in [6.07, 6.45) is 6.01. The van der Waals surface area contributed by atoms with Gasteiger partial charge in [-0.1, -0.05) is 48.2 Å². The molecule has 2 rings (SSSR count). The largest absolute Gasteiger partial charge is 0.240 e. The van der Waals surface area contributed by atoms with E-state index in [0.29, 0.717) is 17.4 Å². The molecule has 0 aromatic heterocycles. The van der Waals surface area contributed by atoms with Crippen LogP contribution in [0.15, 0.2) is 27.6 Å². The van der Waals surface area contributed by atoms with Gasteiger partial charge in [-0.3, -0.25) is 0 Å². The van der Waals surface area contributed by atoms with Gasteiger partial charge in [-0.05, 0) is 49.3 Å². The van der Waals surface area contributed by atoms with Crippen LogP contribution in [0, 0.1) is 18.8 Å². The molecule has 1 aromatic rings. The molecule has 2 unspecified atom stereocenters. The number of nitrogens with one attached hydrogen (secondary N) is 1. The first-order valence-corrected chi connectivity index (χ1v) is 9.92. The molecule has 1 saturated carbocycles. The van der Waals surface area contributed by atoms with Crippen LogP contribution in [0.4, 0.5) is 0 Å². The van der Waals surface area contributed by atoms with Gasteiger partial charge in [0, 0.05) is 11.0 Å². The van der Waals surface area contributed by atoms with Crippen LogP contribution in [0.5, 0.6) is 0 Å². The average molecular weight is 374 g/mol. The summed E-state index contributed by atoms with van der Waals surface area (Å²) >= 11 is 3.33. The molecule has 1 aliphatic carbocycles. The van der Waals surface area contributed by atoms with Crippen molar-refractivity contribution in [3.05, 3.63) is 28.2 Å². The molecular formula is C16H24BrNO2S. The summed E-state index contributed by atoms with van der Waals surface area (Å²) in [4.78, 5) is 0.369. The van der Waals surface area contributed by atoms with E-state index in [-0.39, 0.29) is 0 Å². The molecule has 2 atom stereocenters. The second-order valence-corrected chi connectivity index (χ2v) is 8.89. The molecule has 1 N–H and O–H groups in total. The lowest BCUT2D eigenvalue weighted by atomic mass is 9.81. The number of aryl methyl sites for hydroxylation is 1. The van der Waals surface area contributed by atoms with Crippen LogP contribution in [-0.2, 0) is 10.0 Å². The van der Waals surface area contributed by atoms with Crippen LogP contribution < -0.4 is 4.72 Å². The Labute approximate surface area is 136 Å². The maximum Gasteiger partial charge on any atom is 0.240 e. The van der Waals surface area contributed by atoms with Gasteiger partial charge in [-0.25, -0.2) is 13.1 Å². The molecule has 3 nitrogen and oxygen atoms in total. The van der Waals surface area contributed by atoms with E-state index in [1.807, 2.05) is 19.1 Å². The van der Waals surface area contributed by atoms with Gasteiger partial charge in [-0.2, -0.15) is 0 Å². The molecule has 1 fully saturated rings. The second-order valence-electron chi connectivity index (χ2n) is 6.23. The summed E-state index contributed by atoms with van der Waals surface area (Å²) in [6, 6.07) is 5.35. The van der Waals surface area contributed by atoms with E-state index in [2.05, 4.69) is 27.6 Å². The number of rotatable bonds is 5. The summed E-state index contributed by atoms with van der Waals surface area (Å²) in [5.74, 6) is 1.45. The molecule has 0 radical (unpaired) electrons. The second kappa shape index (κ2) is 7.25. The Bertz CT molecular complexity index is 586. The summed E-state index contributed by atoms with van der Waals surface area (Å²) < 4.78 is 28.3. The molecule has 0 saturated heterocycles. The van der Waals surface area contributed by atoms with Crippen LogP contribution in [0.2, 0.25) is 0 Å². The molecule has 0 spiro atoms. The fourth-order valence-corrected chi connectivity index (χ4v) is 4.99. The van der Waals surface area contributed by atoms with E-state index in [1.165, 1.54) is 25.7 Å². The standard InChI is InChI=1S/C16H24BrNO2S/c1-12-4-3-5-14(10-12)8-9-18-21(19,20)16-11-15(17)7-6-13(16)2/h6-7,11-12,14,18H,3-5,8-10H2,1-2H3. The predicted molar refractivity (Wildman–Crippen MR) is 89.8 cm³/mol. The summed E-state index contributed by atoms with van der Waals surface area (Å²) in [5, 5.41) is 0. The van der Waals surface area contributed by atoms with Crippen molar-refractivity contribution >= 4 is 26.0 Å². The Morgan fingerprint density at radius 2 is 2.10 bits per heavy atom. The number of halogens is 1. The van der Waals surface area contributed by atoms with Crippen LogP contribution in [0.3, 0.4) is 0 Å². The number of hydrogen-bond donors (Lipinski definition) is 1. The lowest BCUT2D eigenvalue weighted by Crippen LogP contribution is -2.27. The smallest absolute Gasteiger partial charge is 0.211 e. The lowest BCUT2D eigenvalue weighted by Gasteiger charge is -2.26. The van der Waals surface area contributed by atoms with Gasteiger partial charge in [-0.15, -0.1) is 0 Å². The van der Waals surface area contributed by atoms with E-state index >= 15 is 0 Å². The zero-order valence-corrected chi connectivity index (χ0v) is 15.1. The van der Waals surface area contributed by atoms with Crippen LogP contribution in [0.1, 0.15) is 44.6 Å². The van der Waals surface area contributed by atoms with E-state index in [0.717, 1.165) is 22.4 Å². The quantitative estimate of drug-likeness (QED) is 0.838. The molecular weight excluding hydrogens is 350 g/mol. The minimum Gasteiger partial charge on any atom is -0.211 e. The highest BCUT2D eigenvalue weighted by Gasteiger charge is 2.21. The van der Waals surface area contributed by atoms with Crippen molar-refractivity contribution in [2.45, 2.75) is 50.8 Å². The third-order valence-corrected chi connectivity index (χ3v) is 6.43.